The van der Waals surface area contributed by atoms with Gasteiger partial charge in [0.2, 0.25) is 17.3 Å². The third-order valence-corrected chi connectivity index (χ3v) is 7.72. The van der Waals surface area contributed by atoms with Gasteiger partial charge >= 0.3 is 0 Å². The molecule has 0 bridgehead atoms. The zero-order chi connectivity index (χ0) is 32.8. The van der Waals surface area contributed by atoms with E-state index in [1.54, 1.807) is 25.1 Å². The average Bonchev–Trinajstić information content (AvgIpc) is 3.52. The zero-order valence-corrected chi connectivity index (χ0v) is 24.6. The predicted octanol–water partition coefficient (Wildman–Crippen LogP) is 5.61. The lowest BCUT2D eigenvalue weighted by Gasteiger charge is -2.17. The summed E-state index contributed by atoms with van der Waals surface area (Å²) in [6.45, 7) is 2.24. The van der Waals surface area contributed by atoms with Gasteiger partial charge in [-0.15, -0.1) is 0 Å². The summed E-state index contributed by atoms with van der Waals surface area (Å²) in [6.07, 6.45) is 1.48. The molecule has 5 aromatic rings. The molecule has 3 heterocycles. The first-order valence-electron chi connectivity index (χ1n) is 14.3. The molecule has 13 heteroatoms. The predicted molar refractivity (Wildman–Crippen MR) is 169 cm³/mol. The van der Waals surface area contributed by atoms with Crippen LogP contribution in [0.3, 0.4) is 0 Å². The van der Waals surface area contributed by atoms with E-state index in [9.17, 15) is 23.5 Å². The number of ether oxygens (including phenoxy) is 1. The normalized spacial score (nSPS) is 11.4. The van der Waals surface area contributed by atoms with Gasteiger partial charge in [-0.2, -0.15) is 9.97 Å². The Morgan fingerprint density at radius 1 is 1.00 bits per heavy atom. The van der Waals surface area contributed by atoms with Crippen LogP contribution in [0.1, 0.15) is 27.0 Å². The average molecular weight is 635 g/mol. The molecule has 0 saturated heterocycles. The van der Waals surface area contributed by atoms with Gasteiger partial charge in [0.25, 0.3) is 5.91 Å². The van der Waals surface area contributed by atoms with Crippen LogP contribution in [0.5, 0.6) is 11.6 Å². The number of carbonyl (C=O) groups excluding carboxylic acids is 1. The Balaban J connectivity index is 1.09. The lowest BCUT2D eigenvalue weighted by atomic mass is 9.90. The number of halogens is 2. The maximum atomic E-state index is 14.5. The Labute approximate surface area is 264 Å². The number of nitrogen functional groups attached to an aromatic ring is 1. The molecule has 2 aromatic heterocycles. The highest BCUT2D eigenvalue weighted by molar-refractivity contribution is 6.03. The SMILES string of the molecule is Cc1cc(C(=O)NCc2ccc(COc3nc(N)nc4nc[nH]c34)cc2)ccc1-c1c2cc(F)c(=O)cc-2oc2cc(O)c(F)cc12. The van der Waals surface area contributed by atoms with E-state index < -0.39 is 22.8 Å². The standard InChI is InChI=1S/C34H24F2N6O5/c1-16-8-19(6-7-20(16)29-21-9-23(35)25(43)11-27(21)47-28-12-26(44)24(36)10-22(28)29)32(45)38-13-17-2-4-18(5-3-17)14-46-33-30-31(40-15-39-30)41-34(37)42-33/h2-12,15,43H,13-14H2,1H3,(H,38,45)(H3,37,39,40,41,42). The number of rotatable bonds is 7. The monoisotopic (exact) mass is 634 g/mol. The van der Waals surface area contributed by atoms with Crippen molar-refractivity contribution in [2.24, 2.45) is 0 Å². The number of phenols is 1. The summed E-state index contributed by atoms with van der Waals surface area (Å²) >= 11 is 0. The van der Waals surface area contributed by atoms with Crippen molar-refractivity contribution < 1.29 is 27.8 Å². The number of aromatic hydroxyl groups is 1. The van der Waals surface area contributed by atoms with Crippen LogP contribution in [-0.2, 0) is 13.2 Å². The van der Waals surface area contributed by atoms with E-state index in [1.807, 2.05) is 24.3 Å². The fraction of sp³-hybridized carbons (Fsp3) is 0.0882. The Kier molecular flexibility index (Phi) is 7.20. The van der Waals surface area contributed by atoms with Crippen molar-refractivity contribution in [3.8, 4) is 34.1 Å². The van der Waals surface area contributed by atoms with Crippen LogP contribution in [0.2, 0.25) is 0 Å². The molecule has 0 fully saturated rings. The molecule has 1 aliphatic heterocycles. The fourth-order valence-corrected chi connectivity index (χ4v) is 5.39. The Hall–Kier alpha value is -6.37. The number of aromatic amines is 1. The molecule has 234 valence electrons. The number of H-pyrrole nitrogens is 1. The molecule has 7 rings (SSSR count). The maximum Gasteiger partial charge on any atom is 0.251 e. The number of nitrogens with one attached hydrogen (secondary N) is 2. The van der Waals surface area contributed by atoms with Crippen molar-refractivity contribution in [2.45, 2.75) is 20.1 Å². The number of aryl methyl sites for hydroxylation is 1. The lowest BCUT2D eigenvalue weighted by Crippen LogP contribution is -2.22. The Morgan fingerprint density at radius 2 is 1.79 bits per heavy atom. The smallest absolute Gasteiger partial charge is 0.251 e. The molecule has 2 aliphatic rings. The molecule has 1 aliphatic carbocycles. The first-order chi connectivity index (χ1) is 22.6. The number of nitrogens with two attached hydrogens (primary N) is 1. The van der Waals surface area contributed by atoms with E-state index in [4.69, 9.17) is 14.9 Å². The third kappa shape index (κ3) is 5.54. The van der Waals surface area contributed by atoms with Crippen molar-refractivity contribution >= 4 is 34.0 Å². The number of hydrogen-bond acceptors (Lipinski definition) is 9. The molecule has 47 heavy (non-hydrogen) atoms. The summed E-state index contributed by atoms with van der Waals surface area (Å²) in [4.78, 5) is 40.3. The highest BCUT2D eigenvalue weighted by Crippen LogP contribution is 2.42. The minimum absolute atomic E-state index is 0.0550. The first-order valence-corrected chi connectivity index (χ1v) is 14.3. The van der Waals surface area contributed by atoms with Crippen LogP contribution >= 0.6 is 0 Å². The van der Waals surface area contributed by atoms with Crippen LogP contribution in [0.4, 0.5) is 14.7 Å². The quantitative estimate of drug-likeness (QED) is 0.163. The summed E-state index contributed by atoms with van der Waals surface area (Å²) < 4.78 is 40.5. The van der Waals surface area contributed by atoms with E-state index >= 15 is 0 Å². The minimum Gasteiger partial charge on any atom is -0.505 e. The second-order valence-corrected chi connectivity index (χ2v) is 10.9. The molecule has 3 aromatic carbocycles. The minimum atomic E-state index is -0.992. The largest absolute Gasteiger partial charge is 0.505 e. The summed E-state index contributed by atoms with van der Waals surface area (Å²) in [5, 5.41) is 13.1. The second kappa shape index (κ2) is 11.5. The van der Waals surface area contributed by atoms with Crippen LogP contribution < -0.4 is 21.2 Å². The number of nitrogens with zero attached hydrogens (tertiary/aromatic N) is 3. The molecule has 0 saturated carbocycles. The van der Waals surface area contributed by atoms with Crippen molar-refractivity contribution in [3.63, 3.8) is 0 Å². The summed E-state index contributed by atoms with van der Waals surface area (Å²) in [6, 6.07) is 16.7. The highest BCUT2D eigenvalue weighted by atomic mass is 19.1. The van der Waals surface area contributed by atoms with Crippen LogP contribution in [0.25, 0.3) is 44.6 Å². The summed E-state index contributed by atoms with van der Waals surface area (Å²) in [7, 11) is 0. The molecule has 0 spiro atoms. The van der Waals surface area contributed by atoms with Crippen molar-refractivity contribution in [1.29, 1.82) is 0 Å². The third-order valence-electron chi connectivity index (χ3n) is 7.72. The van der Waals surface area contributed by atoms with E-state index in [0.29, 0.717) is 39.3 Å². The van der Waals surface area contributed by atoms with Gasteiger partial charge in [-0.25, -0.2) is 13.8 Å². The number of hydrogen-bond donors (Lipinski definition) is 4. The van der Waals surface area contributed by atoms with Gasteiger partial charge in [-0.1, -0.05) is 30.3 Å². The van der Waals surface area contributed by atoms with E-state index in [0.717, 1.165) is 35.4 Å². The number of imidazole rings is 1. The van der Waals surface area contributed by atoms with Gasteiger partial charge in [0, 0.05) is 40.8 Å². The van der Waals surface area contributed by atoms with E-state index in [1.165, 1.54) is 6.33 Å². The van der Waals surface area contributed by atoms with Crippen molar-refractivity contribution in [2.75, 3.05) is 5.73 Å². The van der Waals surface area contributed by atoms with Gasteiger partial charge in [0.15, 0.2) is 23.0 Å². The van der Waals surface area contributed by atoms with E-state index in [2.05, 4.69) is 25.3 Å². The lowest BCUT2D eigenvalue weighted by molar-refractivity contribution is 0.0951. The van der Waals surface area contributed by atoms with Gasteiger partial charge < -0.3 is 30.3 Å². The number of fused-ring (bicyclic) bond motifs is 3. The number of aromatic nitrogens is 4. The number of amides is 1. The van der Waals surface area contributed by atoms with Crippen LogP contribution in [-0.4, -0.2) is 30.9 Å². The molecule has 0 unspecified atom stereocenters. The van der Waals surface area contributed by atoms with Gasteiger partial charge in [-0.05, 0) is 53.4 Å². The van der Waals surface area contributed by atoms with Gasteiger partial charge in [-0.3, -0.25) is 9.59 Å². The van der Waals surface area contributed by atoms with Gasteiger partial charge in [0.1, 0.15) is 23.5 Å². The maximum absolute atomic E-state index is 14.5. The summed E-state index contributed by atoms with van der Waals surface area (Å²) in [5.74, 6) is -2.43. The second-order valence-electron chi connectivity index (χ2n) is 10.9. The molecular weight excluding hydrogens is 610 g/mol. The fourth-order valence-electron chi connectivity index (χ4n) is 5.39. The van der Waals surface area contributed by atoms with E-state index in [-0.39, 0.29) is 47.3 Å². The Morgan fingerprint density at radius 3 is 2.57 bits per heavy atom. The van der Waals surface area contributed by atoms with Crippen LogP contribution in [0, 0.1) is 18.6 Å². The number of carbonyl (C=O) groups is 1. The summed E-state index contributed by atoms with van der Waals surface area (Å²) in [5.41, 5.74) is 9.85. The first kappa shape index (κ1) is 29.3. The molecule has 11 nitrogen and oxygen atoms in total. The van der Waals surface area contributed by atoms with Crippen molar-refractivity contribution in [1.82, 2.24) is 25.3 Å². The molecule has 0 radical (unpaired) electrons. The van der Waals surface area contributed by atoms with Crippen molar-refractivity contribution in [3.05, 3.63) is 117 Å². The molecule has 0 atom stereocenters. The zero-order valence-electron chi connectivity index (χ0n) is 24.6. The number of phenolic OH excluding ortho intramolecular Hbond substituents is 1. The molecular formula is C34H24F2N6O5. The van der Waals surface area contributed by atoms with Crippen LogP contribution in [0.15, 0.2) is 82.3 Å². The number of anilines is 1. The topological polar surface area (TPSA) is 169 Å². The Bertz CT molecular complexity index is 2370. The van der Waals surface area contributed by atoms with Gasteiger partial charge in [0.05, 0.1) is 6.33 Å². The molecule has 5 N–H and O–H groups in total. The molecule has 1 amide bonds. The highest BCUT2D eigenvalue weighted by Gasteiger charge is 2.22. The number of benzene rings is 4.